The standard InChI is InChI=1S/C25H28O5P.BrH/c1-5-30-25(26)18-31(22-12-6-19(27-2)7-13-22,23-14-8-20(28-3)9-15-23)24-16-10-21(29-4)11-17-24;/h6-17H,5,18H2,1-4H3;1H/q+1;/p-1. The van der Waals surface area contributed by atoms with Crippen LogP contribution in [0.1, 0.15) is 6.92 Å². The predicted molar refractivity (Wildman–Crippen MR) is 126 cm³/mol. The van der Waals surface area contributed by atoms with Gasteiger partial charge in [-0.05, 0) is 79.7 Å². The molecule has 0 saturated carbocycles. The molecule has 32 heavy (non-hydrogen) atoms. The van der Waals surface area contributed by atoms with Crippen molar-refractivity contribution >= 4 is 29.1 Å². The SMILES string of the molecule is CCOC(=O)C[P+](c1ccc(OC)cc1)(c1ccc(OC)cc1)c1ccc(OC)cc1.[Br-]. The molecule has 3 aromatic carbocycles. The first-order chi connectivity index (χ1) is 15.1. The minimum Gasteiger partial charge on any atom is -1.00 e. The highest BCUT2D eigenvalue weighted by Gasteiger charge is 2.48. The summed E-state index contributed by atoms with van der Waals surface area (Å²) in [5.41, 5.74) is 0. The van der Waals surface area contributed by atoms with Gasteiger partial charge in [0.25, 0.3) is 0 Å². The van der Waals surface area contributed by atoms with Gasteiger partial charge >= 0.3 is 5.97 Å². The molecule has 0 aliphatic heterocycles. The van der Waals surface area contributed by atoms with Crippen molar-refractivity contribution in [2.45, 2.75) is 6.92 Å². The van der Waals surface area contributed by atoms with E-state index in [9.17, 15) is 4.79 Å². The molecule has 3 rings (SSSR count). The minimum absolute atomic E-state index is 0. The zero-order valence-electron chi connectivity index (χ0n) is 18.7. The summed E-state index contributed by atoms with van der Waals surface area (Å²) in [4.78, 5) is 12.9. The predicted octanol–water partition coefficient (Wildman–Crippen LogP) is 0.573. The zero-order chi connectivity index (χ0) is 22.3. The first-order valence-electron chi connectivity index (χ1n) is 10.0. The van der Waals surface area contributed by atoms with Crippen molar-refractivity contribution in [2.75, 3.05) is 34.1 Å². The van der Waals surface area contributed by atoms with Crippen LogP contribution < -0.4 is 47.1 Å². The lowest BCUT2D eigenvalue weighted by molar-refractivity contribution is -0.139. The number of esters is 1. The average molecular weight is 519 g/mol. The molecule has 0 N–H and O–H groups in total. The maximum absolute atomic E-state index is 12.9. The van der Waals surface area contributed by atoms with Crippen LogP contribution >= 0.6 is 7.26 Å². The summed E-state index contributed by atoms with van der Waals surface area (Å²) < 4.78 is 21.5. The molecule has 5 nitrogen and oxygen atoms in total. The number of hydrogen-bond donors (Lipinski definition) is 0. The second kappa shape index (κ2) is 11.9. The van der Waals surface area contributed by atoms with Gasteiger partial charge in [0.15, 0.2) is 6.16 Å². The Bertz CT molecular complexity index is 873. The van der Waals surface area contributed by atoms with E-state index in [2.05, 4.69) is 0 Å². The third-order valence-electron chi connectivity index (χ3n) is 5.21. The van der Waals surface area contributed by atoms with Gasteiger partial charge in [0.05, 0.1) is 27.9 Å². The lowest BCUT2D eigenvalue weighted by atomic mass is 10.3. The van der Waals surface area contributed by atoms with Gasteiger partial charge in [-0.25, -0.2) is 4.79 Å². The Morgan fingerprint density at radius 3 is 1.22 bits per heavy atom. The van der Waals surface area contributed by atoms with E-state index < -0.39 is 7.26 Å². The smallest absolute Gasteiger partial charge is 0.345 e. The van der Waals surface area contributed by atoms with Crippen LogP contribution in [0.25, 0.3) is 0 Å². The van der Waals surface area contributed by atoms with Crippen molar-refractivity contribution in [3.63, 3.8) is 0 Å². The molecule has 0 saturated heterocycles. The molecule has 0 aliphatic carbocycles. The van der Waals surface area contributed by atoms with Gasteiger partial charge in [-0.15, -0.1) is 0 Å². The van der Waals surface area contributed by atoms with E-state index in [0.717, 1.165) is 33.2 Å². The maximum Gasteiger partial charge on any atom is 0.345 e. The number of rotatable bonds is 9. The second-order valence-corrected chi connectivity index (χ2v) is 10.4. The molecule has 0 amide bonds. The van der Waals surface area contributed by atoms with E-state index >= 15 is 0 Å². The van der Waals surface area contributed by atoms with Crippen molar-refractivity contribution in [1.82, 2.24) is 0 Å². The van der Waals surface area contributed by atoms with Crippen LogP contribution in [0, 0.1) is 0 Å². The van der Waals surface area contributed by atoms with Crippen molar-refractivity contribution in [2.24, 2.45) is 0 Å². The van der Waals surface area contributed by atoms with Gasteiger partial charge in [0.1, 0.15) is 40.4 Å². The molecule has 0 heterocycles. The molecule has 0 atom stereocenters. The van der Waals surface area contributed by atoms with E-state index in [-0.39, 0.29) is 29.1 Å². The van der Waals surface area contributed by atoms with Crippen LogP contribution in [0.3, 0.4) is 0 Å². The average Bonchev–Trinajstić information content (AvgIpc) is 2.83. The molecule has 0 aromatic heterocycles. The lowest BCUT2D eigenvalue weighted by Gasteiger charge is -2.27. The van der Waals surface area contributed by atoms with Crippen molar-refractivity contribution in [1.29, 1.82) is 0 Å². The normalized spacial score (nSPS) is 10.6. The number of carbonyl (C=O) groups is 1. The fourth-order valence-electron chi connectivity index (χ4n) is 3.63. The number of halogens is 1. The molecule has 0 fully saturated rings. The number of ether oxygens (including phenoxy) is 4. The summed E-state index contributed by atoms with van der Waals surface area (Å²) >= 11 is 0. The molecule has 170 valence electrons. The van der Waals surface area contributed by atoms with Crippen LogP contribution in [0.5, 0.6) is 17.2 Å². The molecule has 0 radical (unpaired) electrons. The van der Waals surface area contributed by atoms with Crippen LogP contribution in [-0.4, -0.2) is 40.1 Å². The van der Waals surface area contributed by atoms with E-state index in [4.69, 9.17) is 18.9 Å². The highest BCUT2D eigenvalue weighted by Crippen LogP contribution is 2.55. The van der Waals surface area contributed by atoms with Gasteiger partial charge in [0, 0.05) is 0 Å². The Morgan fingerprint density at radius 2 is 0.969 bits per heavy atom. The molecule has 0 bridgehead atoms. The minimum atomic E-state index is -2.37. The van der Waals surface area contributed by atoms with Crippen molar-refractivity contribution in [3.8, 4) is 17.2 Å². The third kappa shape index (κ3) is 5.43. The molecular weight excluding hydrogens is 491 g/mol. The monoisotopic (exact) mass is 518 g/mol. The van der Waals surface area contributed by atoms with E-state index in [1.165, 1.54) is 0 Å². The van der Waals surface area contributed by atoms with E-state index in [0.29, 0.717) is 6.61 Å². The van der Waals surface area contributed by atoms with Crippen molar-refractivity contribution in [3.05, 3.63) is 72.8 Å². The molecule has 7 heteroatoms. The number of methoxy groups -OCH3 is 3. The number of hydrogen-bond acceptors (Lipinski definition) is 5. The van der Waals surface area contributed by atoms with E-state index in [1.54, 1.807) is 21.3 Å². The first kappa shape index (κ1) is 25.7. The van der Waals surface area contributed by atoms with Gasteiger partial charge in [-0.3, -0.25) is 0 Å². The fraction of sp³-hybridized carbons (Fsp3) is 0.240. The summed E-state index contributed by atoms with van der Waals surface area (Å²) in [6.45, 7) is 2.17. The lowest BCUT2D eigenvalue weighted by Crippen LogP contribution is -3.00. The summed E-state index contributed by atoms with van der Waals surface area (Å²) in [5, 5.41) is 3.20. The first-order valence-corrected chi connectivity index (χ1v) is 12.0. The van der Waals surface area contributed by atoms with Crippen LogP contribution in [0.2, 0.25) is 0 Å². The number of benzene rings is 3. The largest absolute Gasteiger partial charge is 1.00 e. The van der Waals surface area contributed by atoms with Crippen molar-refractivity contribution < 1.29 is 40.7 Å². The van der Waals surface area contributed by atoms with E-state index in [1.807, 2.05) is 79.7 Å². The molecule has 0 unspecified atom stereocenters. The Kier molecular flexibility index (Phi) is 9.55. The van der Waals surface area contributed by atoms with Crippen LogP contribution in [-0.2, 0) is 9.53 Å². The molecular formula is C25H28BrO5P. The van der Waals surface area contributed by atoms with Gasteiger partial charge in [0.2, 0.25) is 0 Å². The molecule has 0 spiro atoms. The summed E-state index contributed by atoms with van der Waals surface area (Å²) in [6.07, 6.45) is 0.256. The summed E-state index contributed by atoms with van der Waals surface area (Å²) in [7, 11) is 2.55. The maximum atomic E-state index is 12.9. The van der Waals surface area contributed by atoms with Crippen LogP contribution in [0.15, 0.2) is 72.8 Å². The Morgan fingerprint density at radius 1 is 0.656 bits per heavy atom. The molecule has 0 aliphatic rings. The van der Waals surface area contributed by atoms with Gasteiger partial charge in [-0.1, -0.05) is 0 Å². The highest BCUT2D eigenvalue weighted by atomic mass is 79.9. The third-order valence-corrected chi connectivity index (χ3v) is 9.48. The van der Waals surface area contributed by atoms with Gasteiger partial charge < -0.3 is 35.9 Å². The quantitative estimate of drug-likeness (QED) is 0.306. The Labute approximate surface area is 200 Å². The summed E-state index contributed by atoms with van der Waals surface area (Å²) in [6, 6.07) is 23.8. The van der Waals surface area contributed by atoms with Crippen LogP contribution in [0.4, 0.5) is 0 Å². The Balaban J connectivity index is 0.00000363. The zero-order valence-corrected chi connectivity index (χ0v) is 21.2. The van der Waals surface area contributed by atoms with Gasteiger partial charge in [-0.2, -0.15) is 0 Å². The second-order valence-electron chi connectivity index (χ2n) is 6.87. The summed E-state index contributed by atoms with van der Waals surface area (Å²) in [5.74, 6) is 2.07. The topological polar surface area (TPSA) is 54.0 Å². The Hall–Kier alpha value is -2.56. The number of carbonyl (C=O) groups excluding carboxylic acids is 1. The highest BCUT2D eigenvalue weighted by molar-refractivity contribution is 7.96. The fourth-order valence-corrected chi connectivity index (χ4v) is 7.53. The molecule has 3 aromatic rings.